The second kappa shape index (κ2) is 5.62. The molecule has 2 aliphatic heterocycles. The molecule has 2 bridgehead atoms. The third-order valence-corrected chi connectivity index (χ3v) is 4.78. The highest BCUT2D eigenvalue weighted by molar-refractivity contribution is 5.83. The Morgan fingerprint density at radius 1 is 1.43 bits per heavy atom. The molecule has 2 N–H and O–H groups in total. The second-order valence-corrected chi connectivity index (χ2v) is 6.04. The summed E-state index contributed by atoms with van der Waals surface area (Å²) in [7, 11) is 0. The molecule has 1 saturated carbocycles. The molecule has 1 amide bonds. The molecule has 1 aliphatic carbocycles. The zero-order chi connectivity index (χ0) is 15.0. The largest absolute Gasteiger partial charge is 0.480 e. The van der Waals surface area contributed by atoms with Crippen molar-refractivity contribution in [3.63, 3.8) is 0 Å². The van der Waals surface area contributed by atoms with Gasteiger partial charge in [-0.2, -0.15) is 5.26 Å². The maximum Gasteiger partial charge on any atom is 0.329 e. The molecule has 3 rings (SSSR count). The Labute approximate surface area is 122 Å². The van der Waals surface area contributed by atoms with Gasteiger partial charge in [0.15, 0.2) is 0 Å². The monoisotopic (exact) mass is 293 g/mol. The van der Waals surface area contributed by atoms with Crippen LogP contribution in [0.25, 0.3) is 0 Å². The van der Waals surface area contributed by atoms with Crippen LogP contribution in [0.1, 0.15) is 25.7 Å². The maximum absolute atomic E-state index is 12.6. The summed E-state index contributed by atoms with van der Waals surface area (Å²) in [6.07, 6.45) is 3.07. The van der Waals surface area contributed by atoms with Crippen LogP contribution in [0.4, 0.5) is 0 Å². The van der Waals surface area contributed by atoms with E-state index in [1.165, 1.54) is 0 Å². The first-order valence-corrected chi connectivity index (χ1v) is 7.39. The lowest BCUT2D eigenvalue weighted by Crippen LogP contribution is -2.54. The van der Waals surface area contributed by atoms with E-state index >= 15 is 0 Å². The molecular weight excluding hydrogens is 274 g/mol. The molecule has 0 unspecified atom stereocenters. The first-order valence-electron chi connectivity index (χ1n) is 7.39. The first kappa shape index (κ1) is 14.3. The number of likely N-dealkylation sites (tertiary alicyclic amines) is 1. The summed E-state index contributed by atoms with van der Waals surface area (Å²) in [5.74, 6) is -0.774. The molecular formula is C14H19N3O4. The van der Waals surface area contributed by atoms with Crippen molar-refractivity contribution < 1.29 is 19.4 Å². The molecule has 0 aromatic heterocycles. The first-order chi connectivity index (χ1) is 10.1. The number of amides is 1. The molecule has 7 nitrogen and oxygen atoms in total. The Kier molecular flexibility index (Phi) is 3.83. The van der Waals surface area contributed by atoms with Crippen molar-refractivity contribution in [1.82, 2.24) is 10.2 Å². The number of aliphatic carboxylic acids is 1. The zero-order valence-electron chi connectivity index (χ0n) is 11.7. The number of fused-ring (bicyclic) bond motifs is 2. The van der Waals surface area contributed by atoms with Crippen LogP contribution in [-0.2, 0) is 14.3 Å². The van der Waals surface area contributed by atoms with E-state index in [0.29, 0.717) is 13.0 Å². The number of carboxylic acid groups (broad SMARTS) is 1. The SMILES string of the molecule is N#C[C@@H]1CCCN1C(=O)[C@H]1N[C@H]2C[C@@H]1C[C@H]2OCC(=O)O. The van der Waals surface area contributed by atoms with Crippen LogP contribution < -0.4 is 5.32 Å². The van der Waals surface area contributed by atoms with E-state index in [1.54, 1.807) is 4.90 Å². The van der Waals surface area contributed by atoms with Gasteiger partial charge in [0, 0.05) is 12.6 Å². The second-order valence-electron chi connectivity index (χ2n) is 6.04. The number of carboxylic acids is 1. The number of hydrogen-bond acceptors (Lipinski definition) is 5. The van der Waals surface area contributed by atoms with Crippen molar-refractivity contribution in [3.05, 3.63) is 0 Å². The molecule has 3 fully saturated rings. The molecule has 2 saturated heterocycles. The number of carbonyl (C=O) groups is 2. The van der Waals surface area contributed by atoms with Crippen molar-refractivity contribution in [2.24, 2.45) is 5.92 Å². The van der Waals surface area contributed by atoms with Crippen molar-refractivity contribution in [2.75, 3.05) is 13.2 Å². The Morgan fingerprint density at radius 3 is 2.86 bits per heavy atom. The van der Waals surface area contributed by atoms with E-state index in [1.807, 2.05) is 0 Å². The van der Waals surface area contributed by atoms with E-state index in [4.69, 9.17) is 15.1 Å². The summed E-state index contributed by atoms with van der Waals surface area (Å²) >= 11 is 0. The van der Waals surface area contributed by atoms with Gasteiger partial charge in [0.2, 0.25) is 5.91 Å². The van der Waals surface area contributed by atoms with Gasteiger partial charge >= 0.3 is 5.97 Å². The maximum atomic E-state index is 12.6. The summed E-state index contributed by atoms with van der Waals surface area (Å²) in [6, 6.07) is 1.70. The van der Waals surface area contributed by atoms with Gasteiger partial charge < -0.3 is 20.1 Å². The smallest absolute Gasteiger partial charge is 0.329 e. The highest BCUT2D eigenvalue weighted by Crippen LogP contribution is 2.38. The van der Waals surface area contributed by atoms with E-state index in [0.717, 1.165) is 19.3 Å². The van der Waals surface area contributed by atoms with Crippen LogP contribution in [0.15, 0.2) is 0 Å². The number of nitriles is 1. The fourth-order valence-electron chi connectivity index (χ4n) is 3.83. The third kappa shape index (κ3) is 2.61. The number of ether oxygens (including phenoxy) is 1. The quantitative estimate of drug-likeness (QED) is 0.739. The number of rotatable bonds is 4. The average molecular weight is 293 g/mol. The normalized spacial score (nSPS) is 37.7. The highest BCUT2D eigenvalue weighted by Gasteiger charge is 2.50. The molecule has 5 atom stereocenters. The summed E-state index contributed by atoms with van der Waals surface area (Å²) in [4.78, 5) is 24.8. The van der Waals surface area contributed by atoms with Crippen LogP contribution in [0, 0.1) is 17.2 Å². The van der Waals surface area contributed by atoms with Gasteiger partial charge in [-0.3, -0.25) is 4.79 Å². The van der Waals surface area contributed by atoms with Crippen LogP contribution in [0.5, 0.6) is 0 Å². The topological polar surface area (TPSA) is 103 Å². The van der Waals surface area contributed by atoms with Gasteiger partial charge in [-0.05, 0) is 31.6 Å². The Morgan fingerprint density at radius 2 is 2.24 bits per heavy atom. The lowest BCUT2D eigenvalue weighted by Gasteiger charge is -2.31. The fraction of sp³-hybridized carbons (Fsp3) is 0.786. The molecule has 114 valence electrons. The predicted molar refractivity (Wildman–Crippen MR) is 71.2 cm³/mol. The van der Waals surface area contributed by atoms with Gasteiger partial charge in [0.25, 0.3) is 0 Å². The van der Waals surface area contributed by atoms with Crippen molar-refractivity contribution in [3.8, 4) is 6.07 Å². The molecule has 0 aromatic rings. The van der Waals surface area contributed by atoms with Crippen LogP contribution in [-0.4, -0.2) is 59.3 Å². The Hall–Kier alpha value is -1.65. The minimum atomic E-state index is -0.973. The van der Waals surface area contributed by atoms with Gasteiger partial charge in [-0.1, -0.05) is 0 Å². The summed E-state index contributed by atoms with van der Waals surface area (Å²) in [6.45, 7) is 0.363. The van der Waals surface area contributed by atoms with Crippen LogP contribution in [0.2, 0.25) is 0 Å². The number of carbonyl (C=O) groups excluding carboxylic acids is 1. The summed E-state index contributed by atoms with van der Waals surface area (Å²) in [5, 5.41) is 21.0. The minimum absolute atomic E-state index is 0.0169. The average Bonchev–Trinajstić information content (AvgIpc) is 3.17. The molecule has 2 heterocycles. The molecule has 21 heavy (non-hydrogen) atoms. The van der Waals surface area contributed by atoms with Gasteiger partial charge in [0.05, 0.1) is 18.2 Å². The van der Waals surface area contributed by atoms with E-state index in [9.17, 15) is 9.59 Å². The summed E-state index contributed by atoms with van der Waals surface area (Å²) < 4.78 is 5.35. The van der Waals surface area contributed by atoms with E-state index in [-0.39, 0.29) is 42.7 Å². The standard InChI is InChI=1S/C14H19N3O4/c15-6-9-2-1-3-17(9)14(20)13-8-4-10(16-13)11(5-8)21-7-12(18)19/h8-11,13,16H,1-5,7H2,(H,18,19)/t8-,9+,10+,11-,13+/m1/s1. The lowest BCUT2D eigenvalue weighted by molar-refractivity contribution is -0.146. The van der Waals surface area contributed by atoms with E-state index < -0.39 is 5.97 Å². The molecule has 0 aromatic carbocycles. The highest BCUT2D eigenvalue weighted by atomic mass is 16.5. The Balaban J connectivity index is 1.58. The molecule has 3 aliphatic rings. The molecule has 7 heteroatoms. The van der Waals surface area contributed by atoms with Crippen molar-refractivity contribution in [2.45, 2.75) is 49.9 Å². The van der Waals surface area contributed by atoms with Gasteiger partial charge in [-0.15, -0.1) is 0 Å². The lowest BCUT2D eigenvalue weighted by atomic mass is 9.97. The van der Waals surface area contributed by atoms with Gasteiger partial charge in [-0.25, -0.2) is 4.79 Å². The third-order valence-electron chi connectivity index (χ3n) is 4.78. The number of piperidine rings is 1. The fourth-order valence-corrected chi connectivity index (χ4v) is 3.83. The molecule has 0 spiro atoms. The molecule has 0 radical (unpaired) electrons. The number of hydrogen-bond donors (Lipinski definition) is 2. The van der Waals surface area contributed by atoms with Gasteiger partial charge in [0.1, 0.15) is 12.6 Å². The van der Waals surface area contributed by atoms with Crippen molar-refractivity contribution in [1.29, 1.82) is 5.26 Å². The number of nitrogens with zero attached hydrogens (tertiary/aromatic N) is 2. The van der Waals surface area contributed by atoms with Crippen LogP contribution in [0.3, 0.4) is 0 Å². The van der Waals surface area contributed by atoms with Crippen LogP contribution >= 0.6 is 0 Å². The number of nitrogens with one attached hydrogen (secondary N) is 1. The Bertz CT molecular complexity index is 489. The van der Waals surface area contributed by atoms with Crippen molar-refractivity contribution >= 4 is 11.9 Å². The predicted octanol–water partition coefficient (Wildman–Crippen LogP) is -0.279. The van der Waals surface area contributed by atoms with E-state index in [2.05, 4.69) is 11.4 Å². The zero-order valence-corrected chi connectivity index (χ0v) is 11.7. The minimum Gasteiger partial charge on any atom is -0.480 e. The summed E-state index contributed by atoms with van der Waals surface area (Å²) in [5.41, 5.74) is 0.